The van der Waals surface area contributed by atoms with Crippen LogP contribution < -0.4 is 0 Å². The van der Waals surface area contributed by atoms with Crippen LogP contribution in [0.25, 0.3) is 0 Å². The van der Waals surface area contributed by atoms with E-state index >= 15 is 0 Å². The Morgan fingerprint density at radius 2 is 2.40 bits per heavy atom. The SMILES string of the molecule is C=C(CCl)[C@]12CCC=C1C(=O)[C@H](C)CC2. The summed E-state index contributed by atoms with van der Waals surface area (Å²) in [6, 6.07) is 0. The lowest BCUT2D eigenvalue weighted by molar-refractivity contribution is -0.121. The summed E-state index contributed by atoms with van der Waals surface area (Å²) < 4.78 is 0. The highest BCUT2D eigenvalue weighted by Gasteiger charge is 2.46. The first-order chi connectivity index (χ1) is 7.12. The number of carbonyl (C=O) groups excluding carboxylic acids is 1. The van der Waals surface area contributed by atoms with Crippen molar-refractivity contribution in [2.24, 2.45) is 11.3 Å². The first-order valence-electron chi connectivity index (χ1n) is 5.61. The van der Waals surface area contributed by atoms with Crippen LogP contribution in [0.4, 0.5) is 0 Å². The van der Waals surface area contributed by atoms with Crippen molar-refractivity contribution in [1.82, 2.24) is 0 Å². The number of carbonyl (C=O) groups is 1. The third-order valence-corrected chi connectivity index (χ3v) is 4.31. The van der Waals surface area contributed by atoms with Crippen LogP contribution in [-0.4, -0.2) is 11.7 Å². The number of rotatable bonds is 2. The van der Waals surface area contributed by atoms with E-state index in [9.17, 15) is 4.79 Å². The van der Waals surface area contributed by atoms with Crippen molar-refractivity contribution in [2.75, 3.05) is 5.88 Å². The maximum atomic E-state index is 12.1. The highest BCUT2D eigenvalue weighted by atomic mass is 35.5. The molecule has 15 heavy (non-hydrogen) atoms. The smallest absolute Gasteiger partial charge is 0.162 e. The molecule has 1 saturated carbocycles. The molecule has 2 heteroatoms. The largest absolute Gasteiger partial charge is 0.294 e. The summed E-state index contributed by atoms with van der Waals surface area (Å²) in [5.41, 5.74) is 1.98. The minimum atomic E-state index is -0.0641. The minimum Gasteiger partial charge on any atom is -0.294 e. The normalized spacial score (nSPS) is 34.9. The Morgan fingerprint density at radius 3 is 3.07 bits per heavy atom. The van der Waals surface area contributed by atoms with E-state index in [-0.39, 0.29) is 11.3 Å². The summed E-state index contributed by atoms with van der Waals surface area (Å²) >= 11 is 5.89. The van der Waals surface area contributed by atoms with Crippen LogP contribution in [0.5, 0.6) is 0 Å². The number of ketones is 1. The molecule has 2 atom stereocenters. The summed E-state index contributed by atoms with van der Waals surface area (Å²) in [5.74, 6) is 0.981. The van der Waals surface area contributed by atoms with Crippen LogP contribution in [0, 0.1) is 11.3 Å². The molecule has 2 aliphatic carbocycles. The van der Waals surface area contributed by atoms with Gasteiger partial charge in [0.15, 0.2) is 5.78 Å². The average Bonchev–Trinajstić information content (AvgIpc) is 2.68. The lowest BCUT2D eigenvalue weighted by Gasteiger charge is -2.39. The molecular formula is C13H17ClO. The summed E-state index contributed by atoms with van der Waals surface area (Å²) in [6.45, 7) is 6.09. The molecule has 0 aromatic carbocycles. The molecule has 0 aromatic rings. The predicted molar refractivity (Wildman–Crippen MR) is 63.0 cm³/mol. The van der Waals surface area contributed by atoms with E-state index in [0.717, 1.165) is 36.8 Å². The second-order valence-corrected chi connectivity index (χ2v) is 5.05. The molecule has 0 bridgehead atoms. The van der Waals surface area contributed by atoms with Gasteiger partial charge in [-0.2, -0.15) is 0 Å². The van der Waals surface area contributed by atoms with Crippen LogP contribution in [0.15, 0.2) is 23.8 Å². The Kier molecular flexibility index (Phi) is 2.76. The second kappa shape index (κ2) is 3.79. The highest BCUT2D eigenvalue weighted by molar-refractivity contribution is 6.19. The summed E-state index contributed by atoms with van der Waals surface area (Å²) in [4.78, 5) is 12.1. The van der Waals surface area contributed by atoms with Crippen LogP contribution >= 0.6 is 11.6 Å². The van der Waals surface area contributed by atoms with E-state index in [4.69, 9.17) is 11.6 Å². The fourth-order valence-electron chi connectivity index (χ4n) is 2.92. The number of hydrogen-bond donors (Lipinski definition) is 0. The summed E-state index contributed by atoms with van der Waals surface area (Å²) in [7, 11) is 0. The van der Waals surface area contributed by atoms with Gasteiger partial charge in [0, 0.05) is 22.8 Å². The van der Waals surface area contributed by atoms with Gasteiger partial charge in [0.2, 0.25) is 0 Å². The van der Waals surface area contributed by atoms with Crippen molar-refractivity contribution < 1.29 is 4.79 Å². The monoisotopic (exact) mass is 224 g/mol. The van der Waals surface area contributed by atoms with Gasteiger partial charge in [0.05, 0.1) is 0 Å². The molecule has 0 aliphatic heterocycles. The maximum Gasteiger partial charge on any atom is 0.162 e. The van der Waals surface area contributed by atoms with Crippen molar-refractivity contribution in [3.8, 4) is 0 Å². The first kappa shape index (κ1) is 10.9. The minimum absolute atomic E-state index is 0.0641. The molecule has 2 aliphatic rings. The van der Waals surface area contributed by atoms with E-state index < -0.39 is 0 Å². The van der Waals surface area contributed by atoms with Crippen LogP contribution in [-0.2, 0) is 4.79 Å². The van der Waals surface area contributed by atoms with Crippen molar-refractivity contribution in [1.29, 1.82) is 0 Å². The average molecular weight is 225 g/mol. The van der Waals surface area contributed by atoms with Gasteiger partial charge in [-0.25, -0.2) is 0 Å². The van der Waals surface area contributed by atoms with Gasteiger partial charge >= 0.3 is 0 Å². The highest BCUT2D eigenvalue weighted by Crippen LogP contribution is 2.53. The summed E-state index contributed by atoms with van der Waals surface area (Å²) in [6.07, 6.45) is 6.18. The van der Waals surface area contributed by atoms with Crippen molar-refractivity contribution >= 4 is 17.4 Å². The van der Waals surface area contributed by atoms with E-state index in [1.54, 1.807) is 0 Å². The third-order valence-electron chi connectivity index (χ3n) is 3.99. The van der Waals surface area contributed by atoms with Gasteiger partial charge in [-0.3, -0.25) is 4.79 Å². The number of alkyl halides is 1. The van der Waals surface area contributed by atoms with Gasteiger partial charge in [0.1, 0.15) is 0 Å². The van der Waals surface area contributed by atoms with E-state index in [0.29, 0.717) is 11.7 Å². The third kappa shape index (κ3) is 1.48. The van der Waals surface area contributed by atoms with Crippen molar-refractivity contribution in [2.45, 2.75) is 32.6 Å². The standard InChI is InChI=1S/C13H17ClO/c1-9-5-7-13(10(2)8-14)6-3-4-11(13)12(9)15/h4,9H,2-3,5-8H2,1H3/t9-,13-/m1/s1. The molecule has 0 saturated heterocycles. The summed E-state index contributed by atoms with van der Waals surface area (Å²) in [5, 5.41) is 0. The Hall–Kier alpha value is -0.560. The van der Waals surface area contributed by atoms with Crippen LogP contribution in [0.3, 0.4) is 0 Å². The van der Waals surface area contributed by atoms with E-state index in [2.05, 4.69) is 12.7 Å². The van der Waals surface area contributed by atoms with Gasteiger partial charge in [-0.15, -0.1) is 11.6 Å². The molecule has 0 N–H and O–H groups in total. The number of fused-ring (bicyclic) bond motifs is 1. The zero-order chi connectivity index (χ0) is 11.1. The second-order valence-electron chi connectivity index (χ2n) is 4.78. The number of hydrogen-bond acceptors (Lipinski definition) is 1. The zero-order valence-corrected chi connectivity index (χ0v) is 9.94. The molecule has 82 valence electrons. The molecular weight excluding hydrogens is 208 g/mol. The topological polar surface area (TPSA) is 17.1 Å². The van der Waals surface area contributed by atoms with Crippen LogP contribution in [0.2, 0.25) is 0 Å². The zero-order valence-electron chi connectivity index (χ0n) is 9.18. The van der Waals surface area contributed by atoms with E-state index in [1.165, 1.54) is 0 Å². The first-order valence-corrected chi connectivity index (χ1v) is 6.14. The molecule has 0 unspecified atom stereocenters. The van der Waals surface area contributed by atoms with Gasteiger partial charge in [-0.05, 0) is 25.7 Å². The molecule has 1 nitrogen and oxygen atoms in total. The molecule has 0 spiro atoms. The van der Waals surface area contributed by atoms with Gasteiger partial charge < -0.3 is 0 Å². The predicted octanol–water partition coefficient (Wildman–Crippen LogP) is 3.49. The molecule has 0 aromatic heterocycles. The Bertz CT molecular complexity index is 342. The Morgan fingerprint density at radius 1 is 1.67 bits per heavy atom. The van der Waals surface area contributed by atoms with Crippen molar-refractivity contribution in [3.63, 3.8) is 0 Å². The van der Waals surface area contributed by atoms with Gasteiger partial charge in [0.25, 0.3) is 0 Å². The fraction of sp³-hybridized carbons (Fsp3) is 0.615. The molecule has 1 fully saturated rings. The molecule has 2 rings (SSSR count). The maximum absolute atomic E-state index is 12.1. The lowest BCUT2D eigenvalue weighted by Crippen LogP contribution is -2.35. The Balaban J connectivity index is 2.37. The molecule has 0 amide bonds. The number of halogens is 1. The Labute approximate surface area is 96.2 Å². The number of Topliss-reactive ketones (excluding diaryl/α,β-unsaturated/α-hetero) is 1. The molecule has 0 heterocycles. The lowest BCUT2D eigenvalue weighted by atomic mass is 9.64. The van der Waals surface area contributed by atoms with Crippen LogP contribution in [0.1, 0.15) is 32.6 Å². The quantitative estimate of drug-likeness (QED) is 0.519. The van der Waals surface area contributed by atoms with Gasteiger partial charge in [-0.1, -0.05) is 25.2 Å². The van der Waals surface area contributed by atoms with Crippen molar-refractivity contribution in [3.05, 3.63) is 23.8 Å². The fourth-order valence-corrected chi connectivity index (χ4v) is 3.18. The number of allylic oxidation sites excluding steroid dienone is 3. The van der Waals surface area contributed by atoms with E-state index in [1.807, 2.05) is 6.92 Å². The molecule has 0 radical (unpaired) electrons.